The summed E-state index contributed by atoms with van der Waals surface area (Å²) in [4.78, 5) is 27.3. The molecule has 86 valence electrons. The van der Waals surface area contributed by atoms with Gasteiger partial charge in [-0.2, -0.15) is 4.99 Å². The Hall–Kier alpha value is -1.24. The first-order valence-electron chi connectivity index (χ1n) is 4.42. The van der Waals surface area contributed by atoms with Gasteiger partial charge in [0.05, 0.1) is 0 Å². The van der Waals surface area contributed by atoms with Crippen molar-refractivity contribution in [1.82, 2.24) is 15.5 Å². The summed E-state index contributed by atoms with van der Waals surface area (Å²) >= 11 is 1.30. The number of hydrogen-bond acceptors (Lipinski definition) is 3. The van der Waals surface area contributed by atoms with Crippen LogP contribution in [-0.2, 0) is 0 Å². The highest BCUT2D eigenvalue weighted by Gasteiger charge is 2.08. The maximum absolute atomic E-state index is 11.3. The molecule has 0 aliphatic carbocycles. The summed E-state index contributed by atoms with van der Waals surface area (Å²) in [5.74, 6) is 0.726. The minimum atomic E-state index is -0.401. The zero-order valence-electron chi connectivity index (χ0n) is 9.33. The van der Waals surface area contributed by atoms with Gasteiger partial charge in [-0.3, -0.25) is 5.32 Å². The molecule has 0 unspecified atom stereocenters. The molecular weight excluding hydrogens is 216 g/mol. The second kappa shape index (κ2) is 7.10. The fourth-order valence-corrected chi connectivity index (χ4v) is 1.16. The zero-order valence-corrected chi connectivity index (χ0v) is 10.1. The molecule has 0 rings (SSSR count). The van der Waals surface area contributed by atoms with Crippen LogP contribution in [0.15, 0.2) is 4.99 Å². The topological polar surface area (TPSA) is 73.8 Å². The van der Waals surface area contributed by atoms with Crippen LogP contribution in [-0.4, -0.2) is 49.0 Å². The minimum Gasteiger partial charge on any atom is -0.341 e. The molecule has 0 spiro atoms. The summed E-state index contributed by atoms with van der Waals surface area (Å²) in [5, 5.41) is 5.16. The molecule has 0 aromatic rings. The molecule has 6 nitrogen and oxygen atoms in total. The van der Waals surface area contributed by atoms with Crippen molar-refractivity contribution in [1.29, 1.82) is 0 Å². The Labute approximate surface area is 93.5 Å². The van der Waals surface area contributed by atoms with E-state index in [9.17, 15) is 9.59 Å². The molecule has 0 aliphatic rings. The van der Waals surface area contributed by atoms with E-state index < -0.39 is 6.03 Å². The highest BCUT2D eigenvalue weighted by molar-refractivity contribution is 8.13. The number of carbonyl (C=O) groups excluding carboxylic acids is 2. The van der Waals surface area contributed by atoms with Crippen LogP contribution in [0.1, 0.15) is 6.92 Å². The van der Waals surface area contributed by atoms with E-state index in [-0.39, 0.29) is 6.03 Å². The van der Waals surface area contributed by atoms with E-state index in [2.05, 4.69) is 15.6 Å². The standard InChI is InChI=1S/C8H16N4O2S/c1-5-15-7(10-6(13)9-2)11-8(14)12(3)4/h5H2,1-4H3,(H2,9,10,11,13,14). The van der Waals surface area contributed by atoms with E-state index in [1.54, 1.807) is 14.1 Å². The molecule has 0 heterocycles. The lowest BCUT2D eigenvalue weighted by molar-refractivity contribution is 0.227. The van der Waals surface area contributed by atoms with Crippen LogP contribution in [0.25, 0.3) is 0 Å². The molecule has 0 aromatic heterocycles. The van der Waals surface area contributed by atoms with Crippen molar-refractivity contribution in [2.24, 2.45) is 4.99 Å². The average Bonchev–Trinajstić information content (AvgIpc) is 2.17. The van der Waals surface area contributed by atoms with Crippen LogP contribution in [0.5, 0.6) is 0 Å². The first-order valence-corrected chi connectivity index (χ1v) is 5.41. The Bertz CT molecular complexity index is 265. The van der Waals surface area contributed by atoms with Gasteiger partial charge in [-0.1, -0.05) is 18.7 Å². The second-order valence-electron chi connectivity index (χ2n) is 2.73. The van der Waals surface area contributed by atoms with E-state index >= 15 is 0 Å². The smallest absolute Gasteiger partial charge is 0.341 e. The Morgan fingerprint density at radius 3 is 2.40 bits per heavy atom. The quantitative estimate of drug-likeness (QED) is 0.516. The molecule has 0 bridgehead atoms. The van der Waals surface area contributed by atoms with Crippen molar-refractivity contribution in [2.75, 3.05) is 26.9 Å². The van der Waals surface area contributed by atoms with Gasteiger partial charge in [-0.25, -0.2) is 9.59 Å². The Morgan fingerprint density at radius 2 is 2.00 bits per heavy atom. The van der Waals surface area contributed by atoms with Crippen LogP contribution in [0, 0.1) is 0 Å². The largest absolute Gasteiger partial charge is 0.345 e. The van der Waals surface area contributed by atoms with Crippen LogP contribution >= 0.6 is 11.8 Å². The normalized spacial score (nSPS) is 10.8. The lowest BCUT2D eigenvalue weighted by Crippen LogP contribution is -2.37. The van der Waals surface area contributed by atoms with E-state index in [1.165, 1.54) is 23.7 Å². The van der Waals surface area contributed by atoms with Gasteiger partial charge in [-0.05, 0) is 5.75 Å². The van der Waals surface area contributed by atoms with Crippen LogP contribution in [0.2, 0.25) is 0 Å². The average molecular weight is 232 g/mol. The van der Waals surface area contributed by atoms with Crippen molar-refractivity contribution in [3.63, 3.8) is 0 Å². The van der Waals surface area contributed by atoms with Gasteiger partial charge in [0, 0.05) is 21.1 Å². The number of nitrogens with one attached hydrogen (secondary N) is 2. The first-order chi connectivity index (χ1) is 7.01. The van der Waals surface area contributed by atoms with Gasteiger partial charge < -0.3 is 10.2 Å². The van der Waals surface area contributed by atoms with Gasteiger partial charge in [-0.15, -0.1) is 0 Å². The predicted octanol–water partition coefficient (Wildman–Crippen LogP) is 0.706. The van der Waals surface area contributed by atoms with Gasteiger partial charge in [0.2, 0.25) is 0 Å². The summed E-state index contributed by atoms with van der Waals surface area (Å²) in [6.07, 6.45) is 0. The molecule has 0 aromatic carbocycles. The highest BCUT2D eigenvalue weighted by atomic mass is 32.2. The third-order valence-electron chi connectivity index (χ3n) is 1.31. The number of amides is 4. The number of urea groups is 2. The summed E-state index contributed by atoms with van der Waals surface area (Å²) in [5.41, 5.74) is 0. The summed E-state index contributed by atoms with van der Waals surface area (Å²) in [6.45, 7) is 1.91. The first kappa shape index (κ1) is 13.8. The lowest BCUT2D eigenvalue weighted by atomic mass is 10.8. The SMILES string of the molecule is CCSC(=NC(=O)N(C)C)NC(=O)NC. The van der Waals surface area contributed by atoms with Gasteiger partial charge >= 0.3 is 12.1 Å². The molecule has 7 heteroatoms. The Kier molecular flexibility index (Phi) is 6.52. The Morgan fingerprint density at radius 1 is 1.40 bits per heavy atom. The number of hydrogen-bond donors (Lipinski definition) is 2. The van der Waals surface area contributed by atoms with Gasteiger partial charge in [0.25, 0.3) is 0 Å². The zero-order chi connectivity index (χ0) is 11.8. The fraction of sp³-hybridized carbons (Fsp3) is 0.625. The second-order valence-corrected chi connectivity index (χ2v) is 3.98. The molecule has 0 aliphatic heterocycles. The van der Waals surface area contributed by atoms with Crippen molar-refractivity contribution >= 4 is 29.0 Å². The number of rotatable bonds is 1. The van der Waals surface area contributed by atoms with Crippen molar-refractivity contribution in [2.45, 2.75) is 6.92 Å². The number of thioether (sulfide) groups is 1. The van der Waals surface area contributed by atoms with E-state index in [1.807, 2.05) is 6.92 Å². The molecule has 0 atom stereocenters. The molecule has 0 fully saturated rings. The van der Waals surface area contributed by atoms with E-state index in [0.29, 0.717) is 5.17 Å². The Balaban J connectivity index is 4.50. The molecule has 0 saturated heterocycles. The number of carbonyl (C=O) groups is 2. The molecule has 2 N–H and O–H groups in total. The van der Waals surface area contributed by atoms with E-state index in [0.717, 1.165) is 5.75 Å². The molecule has 15 heavy (non-hydrogen) atoms. The summed E-state index contributed by atoms with van der Waals surface area (Å²) in [7, 11) is 4.69. The maximum atomic E-state index is 11.3. The number of amidine groups is 1. The monoisotopic (exact) mass is 232 g/mol. The molecular formula is C8H16N4O2S. The van der Waals surface area contributed by atoms with Gasteiger partial charge in [0.15, 0.2) is 5.17 Å². The molecule has 4 amide bonds. The lowest BCUT2D eigenvalue weighted by Gasteiger charge is -2.09. The third kappa shape index (κ3) is 5.95. The van der Waals surface area contributed by atoms with Crippen molar-refractivity contribution in [3.05, 3.63) is 0 Å². The minimum absolute atomic E-state index is 0.301. The molecule has 0 radical (unpaired) electrons. The third-order valence-corrected chi connectivity index (χ3v) is 2.06. The van der Waals surface area contributed by atoms with Crippen LogP contribution in [0.4, 0.5) is 9.59 Å². The fourth-order valence-electron chi connectivity index (χ4n) is 0.580. The van der Waals surface area contributed by atoms with Gasteiger partial charge in [0.1, 0.15) is 0 Å². The van der Waals surface area contributed by atoms with Crippen molar-refractivity contribution < 1.29 is 9.59 Å². The van der Waals surface area contributed by atoms with Crippen molar-refractivity contribution in [3.8, 4) is 0 Å². The number of nitrogens with zero attached hydrogens (tertiary/aromatic N) is 2. The maximum Gasteiger partial charge on any atom is 0.345 e. The van der Waals surface area contributed by atoms with Crippen LogP contribution in [0.3, 0.4) is 0 Å². The summed E-state index contributed by atoms with van der Waals surface area (Å²) in [6, 6.07) is -0.788. The molecule has 0 saturated carbocycles. The van der Waals surface area contributed by atoms with E-state index in [4.69, 9.17) is 0 Å². The number of aliphatic imine (C=N–C) groups is 1. The highest BCUT2D eigenvalue weighted by Crippen LogP contribution is 2.01. The predicted molar refractivity (Wildman–Crippen MR) is 62.2 cm³/mol. The summed E-state index contributed by atoms with van der Waals surface area (Å²) < 4.78 is 0. The van der Waals surface area contributed by atoms with Crippen LogP contribution < -0.4 is 10.6 Å².